The minimum absolute atomic E-state index is 0.0331. The highest BCUT2D eigenvalue weighted by Crippen LogP contribution is 2.15. The lowest BCUT2D eigenvalue weighted by Gasteiger charge is -2.10. The highest BCUT2D eigenvalue weighted by molar-refractivity contribution is 5.84. The van der Waals surface area contributed by atoms with Crippen molar-refractivity contribution in [3.63, 3.8) is 0 Å². The van der Waals surface area contributed by atoms with E-state index in [4.69, 9.17) is 9.47 Å². The maximum atomic E-state index is 11.6. The number of rotatable bonds is 7. The molecule has 1 rings (SSSR count). The number of benzene rings is 1. The first-order valence-electron chi connectivity index (χ1n) is 7.35. The molecule has 0 aromatic heterocycles. The minimum atomic E-state index is -0.492. The van der Waals surface area contributed by atoms with Gasteiger partial charge in [0.1, 0.15) is 5.75 Å². The summed E-state index contributed by atoms with van der Waals surface area (Å²) >= 11 is 0. The van der Waals surface area contributed by atoms with Crippen molar-refractivity contribution in [1.82, 2.24) is 10.9 Å². The zero-order valence-corrected chi connectivity index (χ0v) is 13.6. The fourth-order valence-electron chi connectivity index (χ4n) is 1.85. The van der Waals surface area contributed by atoms with Crippen LogP contribution in [0.25, 0.3) is 0 Å². The number of esters is 1. The van der Waals surface area contributed by atoms with Crippen LogP contribution in [0.2, 0.25) is 0 Å². The molecule has 0 aliphatic heterocycles. The molecule has 23 heavy (non-hydrogen) atoms. The molecule has 0 fully saturated rings. The van der Waals surface area contributed by atoms with Crippen LogP contribution in [0.4, 0.5) is 0 Å². The second kappa shape index (κ2) is 9.45. The summed E-state index contributed by atoms with van der Waals surface area (Å²) in [6, 6.07) is 5.63. The third-order valence-corrected chi connectivity index (χ3v) is 2.77. The Balaban J connectivity index is 2.26. The van der Waals surface area contributed by atoms with Gasteiger partial charge in [0.2, 0.25) is 5.91 Å². The molecule has 0 aliphatic rings. The minimum Gasteiger partial charge on any atom is -0.484 e. The van der Waals surface area contributed by atoms with Crippen LogP contribution in [0.3, 0.4) is 0 Å². The second-order valence-electron chi connectivity index (χ2n) is 5.01. The Bertz CT molecular complexity index is 551. The van der Waals surface area contributed by atoms with Crippen LogP contribution in [0.15, 0.2) is 18.2 Å². The molecule has 0 radical (unpaired) electrons. The number of carbonyl (C=O) groups excluding carboxylic acids is 3. The average molecular weight is 322 g/mol. The largest absolute Gasteiger partial charge is 0.484 e. The van der Waals surface area contributed by atoms with Crippen LogP contribution in [0.5, 0.6) is 5.75 Å². The van der Waals surface area contributed by atoms with Gasteiger partial charge in [-0.15, -0.1) is 0 Å². The number of nitrogens with one attached hydrogen (secondary N) is 2. The van der Waals surface area contributed by atoms with Crippen molar-refractivity contribution in [2.45, 2.75) is 33.6 Å². The fraction of sp³-hybridized carbons (Fsp3) is 0.438. The zero-order valence-electron chi connectivity index (χ0n) is 13.6. The molecule has 7 nitrogen and oxygen atoms in total. The molecule has 1 aromatic rings. The molecule has 1 aromatic carbocycles. The van der Waals surface area contributed by atoms with Gasteiger partial charge in [0.15, 0.2) is 6.61 Å². The maximum absolute atomic E-state index is 11.6. The molecule has 0 bridgehead atoms. The van der Waals surface area contributed by atoms with E-state index in [1.807, 2.05) is 32.0 Å². The number of aryl methyl sites for hydroxylation is 2. The molecular weight excluding hydrogens is 300 g/mol. The topological polar surface area (TPSA) is 93.7 Å². The summed E-state index contributed by atoms with van der Waals surface area (Å²) in [4.78, 5) is 34.1. The molecule has 0 saturated carbocycles. The first-order chi connectivity index (χ1) is 10.9. The van der Waals surface area contributed by atoms with Crippen LogP contribution in [-0.2, 0) is 19.1 Å². The molecule has 0 heterocycles. The van der Waals surface area contributed by atoms with Gasteiger partial charge in [0.05, 0.1) is 13.0 Å². The zero-order chi connectivity index (χ0) is 17.2. The van der Waals surface area contributed by atoms with Gasteiger partial charge in [-0.2, -0.15) is 0 Å². The van der Waals surface area contributed by atoms with Gasteiger partial charge >= 0.3 is 5.97 Å². The Hall–Kier alpha value is -2.57. The first kappa shape index (κ1) is 18.5. The SMILES string of the molecule is CCOC(=O)CCC(=O)NNC(=O)COc1cc(C)cc(C)c1. The average Bonchev–Trinajstić information content (AvgIpc) is 2.48. The Kier molecular flexibility index (Phi) is 7.59. The maximum Gasteiger partial charge on any atom is 0.306 e. The van der Waals surface area contributed by atoms with E-state index >= 15 is 0 Å². The lowest BCUT2D eigenvalue weighted by molar-refractivity contribution is -0.144. The van der Waals surface area contributed by atoms with Gasteiger partial charge in [-0.3, -0.25) is 25.2 Å². The molecule has 7 heteroatoms. The van der Waals surface area contributed by atoms with Crippen molar-refractivity contribution in [3.05, 3.63) is 29.3 Å². The van der Waals surface area contributed by atoms with Gasteiger partial charge in [-0.1, -0.05) is 6.07 Å². The molecule has 0 saturated heterocycles. The molecule has 0 spiro atoms. The van der Waals surface area contributed by atoms with Crippen molar-refractivity contribution < 1.29 is 23.9 Å². The van der Waals surface area contributed by atoms with Crippen LogP contribution in [-0.4, -0.2) is 31.0 Å². The van der Waals surface area contributed by atoms with E-state index in [0.717, 1.165) is 11.1 Å². The van der Waals surface area contributed by atoms with Gasteiger partial charge in [-0.25, -0.2) is 0 Å². The number of hydrazine groups is 1. The number of carbonyl (C=O) groups is 3. The van der Waals surface area contributed by atoms with Gasteiger partial charge in [0, 0.05) is 6.42 Å². The lowest BCUT2D eigenvalue weighted by atomic mass is 10.1. The summed E-state index contributed by atoms with van der Waals surface area (Å²) < 4.78 is 10.1. The summed E-state index contributed by atoms with van der Waals surface area (Å²) in [5.41, 5.74) is 6.50. The normalized spacial score (nSPS) is 9.87. The quantitative estimate of drug-likeness (QED) is 0.580. The van der Waals surface area contributed by atoms with Crippen molar-refractivity contribution in [2.75, 3.05) is 13.2 Å². The number of hydrogen-bond acceptors (Lipinski definition) is 5. The summed E-state index contributed by atoms with van der Waals surface area (Å²) in [5.74, 6) is -0.829. The van der Waals surface area contributed by atoms with Crippen molar-refractivity contribution in [3.8, 4) is 5.75 Å². The third kappa shape index (κ3) is 7.85. The summed E-state index contributed by atoms with van der Waals surface area (Å²) in [6.45, 7) is 5.61. The standard InChI is InChI=1S/C16H22N2O5/c1-4-22-16(21)6-5-14(19)17-18-15(20)10-23-13-8-11(2)7-12(3)9-13/h7-9H,4-6,10H2,1-3H3,(H,17,19)(H,18,20). The summed E-state index contributed by atoms with van der Waals surface area (Å²) in [7, 11) is 0. The van der Waals surface area contributed by atoms with Crippen molar-refractivity contribution in [2.24, 2.45) is 0 Å². The Morgan fingerprint density at radius 3 is 2.17 bits per heavy atom. The van der Waals surface area contributed by atoms with Gasteiger partial charge < -0.3 is 9.47 Å². The van der Waals surface area contributed by atoms with E-state index in [2.05, 4.69) is 10.9 Å². The molecule has 0 aliphatic carbocycles. The number of amides is 2. The van der Waals surface area contributed by atoms with E-state index < -0.39 is 17.8 Å². The molecule has 126 valence electrons. The van der Waals surface area contributed by atoms with Crippen LogP contribution in [0, 0.1) is 13.8 Å². The van der Waals surface area contributed by atoms with E-state index in [1.165, 1.54) is 0 Å². The van der Waals surface area contributed by atoms with Crippen LogP contribution >= 0.6 is 0 Å². The predicted octanol–water partition coefficient (Wildman–Crippen LogP) is 1.17. The van der Waals surface area contributed by atoms with E-state index in [9.17, 15) is 14.4 Å². The van der Waals surface area contributed by atoms with Crippen LogP contribution in [0.1, 0.15) is 30.9 Å². The summed E-state index contributed by atoms with van der Waals surface area (Å²) in [5, 5.41) is 0. The summed E-state index contributed by atoms with van der Waals surface area (Å²) in [6.07, 6.45) is -0.0916. The smallest absolute Gasteiger partial charge is 0.306 e. The fourth-order valence-corrected chi connectivity index (χ4v) is 1.85. The molecule has 0 unspecified atom stereocenters. The predicted molar refractivity (Wildman–Crippen MR) is 83.6 cm³/mol. The highest BCUT2D eigenvalue weighted by atomic mass is 16.5. The first-order valence-corrected chi connectivity index (χ1v) is 7.35. The molecule has 2 N–H and O–H groups in total. The second-order valence-corrected chi connectivity index (χ2v) is 5.01. The molecular formula is C16H22N2O5. The Morgan fingerprint density at radius 2 is 1.57 bits per heavy atom. The number of ether oxygens (including phenoxy) is 2. The lowest BCUT2D eigenvalue weighted by Crippen LogP contribution is -2.43. The van der Waals surface area contributed by atoms with Gasteiger partial charge in [-0.05, 0) is 44.0 Å². The van der Waals surface area contributed by atoms with Crippen molar-refractivity contribution in [1.29, 1.82) is 0 Å². The highest BCUT2D eigenvalue weighted by Gasteiger charge is 2.09. The monoisotopic (exact) mass is 322 g/mol. The van der Waals surface area contributed by atoms with Gasteiger partial charge in [0.25, 0.3) is 5.91 Å². The third-order valence-electron chi connectivity index (χ3n) is 2.77. The van der Waals surface area contributed by atoms with Crippen LogP contribution < -0.4 is 15.6 Å². The Morgan fingerprint density at radius 1 is 0.957 bits per heavy atom. The van der Waals surface area contributed by atoms with Crippen molar-refractivity contribution >= 4 is 17.8 Å². The van der Waals surface area contributed by atoms with E-state index in [0.29, 0.717) is 5.75 Å². The number of hydrogen-bond donors (Lipinski definition) is 2. The van der Waals surface area contributed by atoms with E-state index in [1.54, 1.807) is 6.92 Å². The molecule has 0 atom stereocenters. The Labute approximate surface area is 135 Å². The molecule has 2 amide bonds. The van der Waals surface area contributed by atoms with E-state index in [-0.39, 0.29) is 26.1 Å².